The summed E-state index contributed by atoms with van der Waals surface area (Å²) in [5.74, 6) is 0. The fourth-order valence-electron chi connectivity index (χ4n) is 0.919. The molecular formula is C10H24O2Si. The van der Waals surface area contributed by atoms with Crippen molar-refractivity contribution in [3.63, 3.8) is 0 Å². The number of aliphatic hydroxyl groups is 2. The zero-order chi connectivity index (χ0) is 10.9. The molecular weight excluding hydrogens is 180 g/mol. The molecule has 0 rings (SSSR count). The molecule has 0 saturated heterocycles. The molecule has 80 valence electrons. The third-order valence-electron chi connectivity index (χ3n) is 2.45. The van der Waals surface area contributed by atoms with Crippen molar-refractivity contribution in [2.75, 3.05) is 0 Å². The van der Waals surface area contributed by atoms with Gasteiger partial charge in [-0.3, -0.25) is 0 Å². The quantitative estimate of drug-likeness (QED) is 0.691. The van der Waals surface area contributed by atoms with Gasteiger partial charge in [-0.1, -0.05) is 40.4 Å². The Morgan fingerprint density at radius 2 is 1.46 bits per heavy atom. The van der Waals surface area contributed by atoms with Crippen molar-refractivity contribution in [3.8, 4) is 0 Å². The second-order valence-corrected chi connectivity index (χ2v) is 11.4. The molecule has 0 amide bonds. The zero-order valence-electron chi connectivity index (χ0n) is 9.76. The van der Waals surface area contributed by atoms with Gasteiger partial charge in [0, 0.05) is 5.73 Å². The Morgan fingerprint density at radius 3 is 1.69 bits per heavy atom. The van der Waals surface area contributed by atoms with Crippen molar-refractivity contribution in [3.05, 3.63) is 0 Å². The molecule has 0 spiro atoms. The summed E-state index contributed by atoms with van der Waals surface area (Å²) in [4.78, 5) is 0. The highest BCUT2D eigenvalue weighted by Crippen LogP contribution is 2.25. The van der Waals surface area contributed by atoms with Gasteiger partial charge in [0.15, 0.2) is 0 Å². The predicted molar refractivity (Wildman–Crippen MR) is 59.4 cm³/mol. The molecule has 0 aromatic rings. The van der Waals surface area contributed by atoms with E-state index in [1.807, 2.05) is 20.8 Å². The maximum Gasteiger partial charge on any atom is 0.0782 e. The summed E-state index contributed by atoms with van der Waals surface area (Å²) in [6.07, 6.45) is 0.105. The summed E-state index contributed by atoms with van der Waals surface area (Å²) >= 11 is 0. The molecule has 0 radical (unpaired) electrons. The second-order valence-electron chi connectivity index (χ2n) is 6.00. The molecule has 0 aromatic carbocycles. The van der Waals surface area contributed by atoms with Crippen molar-refractivity contribution < 1.29 is 10.2 Å². The number of hydrogen-bond donors (Lipinski definition) is 2. The lowest BCUT2D eigenvalue weighted by atomic mass is 9.87. The molecule has 2 N–H and O–H groups in total. The van der Waals surface area contributed by atoms with E-state index in [2.05, 4.69) is 19.6 Å². The van der Waals surface area contributed by atoms with Crippen LogP contribution in [0.4, 0.5) is 0 Å². The second kappa shape index (κ2) is 4.11. The normalized spacial score (nSPS) is 18.5. The smallest absolute Gasteiger partial charge is 0.0782 e. The first-order chi connectivity index (χ1) is 5.55. The lowest BCUT2D eigenvalue weighted by Crippen LogP contribution is -2.43. The van der Waals surface area contributed by atoms with Crippen molar-refractivity contribution in [1.29, 1.82) is 0 Å². The Morgan fingerprint density at radius 1 is 1.08 bits per heavy atom. The van der Waals surface area contributed by atoms with Gasteiger partial charge in [0.05, 0.1) is 14.2 Å². The Labute approximate surface area is 83.0 Å². The van der Waals surface area contributed by atoms with Crippen LogP contribution in [-0.2, 0) is 0 Å². The predicted octanol–water partition coefficient (Wildman–Crippen LogP) is 2.02. The molecule has 0 bridgehead atoms. The molecule has 13 heavy (non-hydrogen) atoms. The van der Waals surface area contributed by atoms with E-state index in [0.717, 1.165) is 0 Å². The average Bonchev–Trinajstić information content (AvgIpc) is 1.82. The van der Waals surface area contributed by atoms with Gasteiger partial charge in [-0.15, -0.1) is 0 Å². The monoisotopic (exact) mass is 204 g/mol. The minimum absolute atomic E-state index is 0.124. The van der Waals surface area contributed by atoms with Crippen LogP contribution in [0.25, 0.3) is 0 Å². The summed E-state index contributed by atoms with van der Waals surface area (Å²) < 4.78 is 0. The van der Waals surface area contributed by atoms with E-state index in [0.29, 0.717) is 6.42 Å². The van der Waals surface area contributed by atoms with Crippen LogP contribution in [-0.4, -0.2) is 30.1 Å². The summed E-state index contributed by atoms with van der Waals surface area (Å²) in [5.41, 5.74) is -0.428. The Bertz CT molecular complexity index is 137. The van der Waals surface area contributed by atoms with E-state index in [1.54, 1.807) is 0 Å². The fourth-order valence-corrected chi connectivity index (χ4v) is 1.85. The van der Waals surface area contributed by atoms with Gasteiger partial charge in [0.1, 0.15) is 0 Å². The highest BCUT2D eigenvalue weighted by Gasteiger charge is 2.31. The van der Waals surface area contributed by atoms with Gasteiger partial charge in [0.2, 0.25) is 0 Å². The molecule has 0 aliphatic rings. The summed E-state index contributed by atoms with van der Waals surface area (Å²) in [6.45, 7) is 12.3. The number of rotatable bonds is 3. The van der Waals surface area contributed by atoms with Gasteiger partial charge in [0.25, 0.3) is 0 Å². The number of aliphatic hydroxyl groups excluding tert-OH is 2. The van der Waals surface area contributed by atoms with Crippen LogP contribution in [0.5, 0.6) is 0 Å². The molecule has 3 heteroatoms. The zero-order valence-corrected chi connectivity index (χ0v) is 10.8. The summed E-state index contributed by atoms with van der Waals surface area (Å²) in [5, 5.41) is 19.6. The number of hydrogen-bond acceptors (Lipinski definition) is 2. The maximum atomic E-state index is 9.82. The molecule has 0 aliphatic heterocycles. The third kappa shape index (κ3) is 4.79. The fraction of sp³-hybridized carbons (Fsp3) is 1.00. The average molecular weight is 204 g/mol. The van der Waals surface area contributed by atoms with Crippen LogP contribution in [0, 0.1) is 5.41 Å². The maximum absolute atomic E-state index is 9.82. The molecule has 0 aliphatic carbocycles. The van der Waals surface area contributed by atoms with E-state index in [1.165, 1.54) is 0 Å². The molecule has 0 fully saturated rings. The first-order valence-electron chi connectivity index (χ1n) is 4.91. The Balaban J connectivity index is 4.15. The molecule has 2 nitrogen and oxygen atoms in total. The van der Waals surface area contributed by atoms with Crippen LogP contribution < -0.4 is 0 Å². The summed E-state index contributed by atoms with van der Waals surface area (Å²) in [7, 11) is -1.51. The first-order valence-corrected chi connectivity index (χ1v) is 8.49. The van der Waals surface area contributed by atoms with Gasteiger partial charge in [-0.2, -0.15) is 0 Å². The van der Waals surface area contributed by atoms with E-state index in [4.69, 9.17) is 0 Å². The summed E-state index contributed by atoms with van der Waals surface area (Å²) in [6, 6.07) is 0. The van der Waals surface area contributed by atoms with E-state index in [-0.39, 0.29) is 11.1 Å². The Kier molecular flexibility index (Phi) is 4.15. The standard InChI is InChI=1S/C10H24O2Si/c1-10(2,3)8(11)7-9(12)13(4,5)6/h8-9,11-12H,7H2,1-6H3/t8-,9?/m1/s1. The largest absolute Gasteiger partial charge is 0.396 e. The lowest BCUT2D eigenvalue weighted by molar-refractivity contribution is 0.0303. The highest BCUT2D eigenvalue weighted by atomic mass is 28.3. The van der Waals surface area contributed by atoms with Crippen LogP contribution in [0.1, 0.15) is 27.2 Å². The molecule has 0 heterocycles. The van der Waals surface area contributed by atoms with Crippen LogP contribution in [0.3, 0.4) is 0 Å². The van der Waals surface area contributed by atoms with Crippen molar-refractivity contribution >= 4 is 8.07 Å². The molecule has 2 atom stereocenters. The Hall–Kier alpha value is 0.137. The highest BCUT2D eigenvalue weighted by molar-refractivity contribution is 6.77. The third-order valence-corrected chi connectivity index (χ3v) is 4.68. The van der Waals surface area contributed by atoms with Gasteiger partial charge in [-0.05, 0) is 11.8 Å². The van der Waals surface area contributed by atoms with Gasteiger partial charge >= 0.3 is 0 Å². The topological polar surface area (TPSA) is 40.5 Å². The minimum Gasteiger partial charge on any atom is -0.396 e. The molecule has 1 unspecified atom stereocenters. The van der Waals surface area contributed by atoms with Crippen LogP contribution >= 0.6 is 0 Å². The van der Waals surface area contributed by atoms with Crippen molar-refractivity contribution in [1.82, 2.24) is 0 Å². The van der Waals surface area contributed by atoms with Crippen molar-refractivity contribution in [2.45, 2.75) is 58.7 Å². The SMILES string of the molecule is CC(C)(C)[C@H](O)CC(O)[Si](C)(C)C. The van der Waals surface area contributed by atoms with Crippen LogP contribution in [0.15, 0.2) is 0 Å². The van der Waals surface area contributed by atoms with Gasteiger partial charge < -0.3 is 10.2 Å². The molecule has 0 saturated carbocycles. The van der Waals surface area contributed by atoms with E-state index < -0.39 is 14.2 Å². The minimum atomic E-state index is -1.51. The van der Waals surface area contributed by atoms with E-state index >= 15 is 0 Å². The van der Waals surface area contributed by atoms with Crippen molar-refractivity contribution in [2.24, 2.45) is 5.41 Å². The first kappa shape index (κ1) is 13.1. The molecule has 0 aromatic heterocycles. The van der Waals surface area contributed by atoms with Gasteiger partial charge in [-0.25, -0.2) is 0 Å². The van der Waals surface area contributed by atoms with E-state index in [9.17, 15) is 10.2 Å². The lowest BCUT2D eigenvalue weighted by Gasteiger charge is -2.31. The van der Waals surface area contributed by atoms with Crippen LogP contribution in [0.2, 0.25) is 19.6 Å².